The summed E-state index contributed by atoms with van der Waals surface area (Å²) < 4.78 is 20.4. The van der Waals surface area contributed by atoms with Crippen molar-refractivity contribution < 1.29 is 13.9 Å². The van der Waals surface area contributed by atoms with Crippen LogP contribution in [0.4, 0.5) is 4.39 Å². The fourth-order valence-corrected chi connectivity index (χ4v) is 2.74. The Morgan fingerprint density at radius 2 is 2.04 bits per heavy atom. The van der Waals surface area contributed by atoms with Gasteiger partial charge in [0.25, 0.3) is 5.91 Å². The Kier molecular flexibility index (Phi) is 5.87. The predicted octanol–water partition coefficient (Wildman–Crippen LogP) is 2.48. The summed E-state index contributed by atoms with van der Waals surface area (Å²) in [4.78, 5) is 19.0. The van der Waals surface area contributed by atoms with Crippen molar-refractivity contribution in [2.45, 2.75) is 19.5 Å². The summed E-state index contributed by atoms with van der Waals surface area (Å²) in [5.74, 6) is 0.0732. The van der Waals surface area contributed by atoms with E-state index >= 15 is 0 Å². The molecule has 2 aromatic heterocycles. The molecule has 0 spiro atoms. The summed E-state index contributed by atoms with van der Waals surface area (Å²) in [6.07, 6.45) is 4.57. The number of hydrogen-bond acceptors (Lipinski definition) is 5. The molecule has 27 heavy (non-hydrogen) atoms. The van der Waals surface area contributed by atoms with Gasteiger partial charge in [-0.05, 0) is 36.8 Å². The van der Waals surface area contributed by atoms with E-state index in [-0.39, 0.29) is 24.3 Å². The van der Waals surface area contributed by atoms with Crippen LogP contribution in [-0.2, 0) is 11.3 Å². The first kappa shape index (κ1) is 18.7. The predicted molar refractivity (Wildman–Crippen MR) is 96.8 cm³/mol. The number of carbonyl (C=O) groups is 1. The number of hydrogen-bond donors (Lipinski definition) is 0. The molecule has 1 atom stereocenters. The Balaban J connectivity index is 1.83. The molecular formula is C19H20FN5O2. The minimum Gasteiger partial charge on any atom is -0.383 e. The van der Waals surface area contributed by atoms with E-state index in [1.165, 1.54) is 31.0 Å². The summed E-state index contributed by atoms with van der Waals surface area (Å²) >= 11 is 0. The fourth-order valence-electron chi connectivity index (χ4n) is 2.74. The van der Waals surface area contributed by atoms with E-state index in [0.717, 1.165) is 0 Å². The van der Waals surface area contributed by atoms with Crippen LogP contribution in [0.25, 0.3) is 5.82 Å². The van der Waals surface area contributed by atoms with Gasteiger partial charge in [-0.15, -0.1) is 10.2 Å². The maximum absolute atomic E-state index is 13.5. The molecule has 3 aromatic rings. The zero-order chi connectivity index (χ0) is 19.2. The summed E-state index contributed by atoms with van der Waals surface area (Å²) in [5.41, 5.74) is 1.14. The smallest absolute Gasteiger partial charge is 0.256 e. The van der Waals surface area contributed by atoms with Crippen LogP contribution in [0.5, 0.6) is 0 Å². The van der Waals surface area contributed by atoms with Crippen LogP contribution in [0.2, 0.25) is 0 Å². The highest BCUT2D eigenvalue weighted by molar-refractivity contribution is 5.94. The lowest BCUT2D eigenvalue weighted by Gasteiger charge is -2.29. The molecule has 0 bridgehead atoms. The van der Waals surface area contributed by atoms with Crippen molar-refractivity contribution in [3.05, 3.63) is 72.2 Å². The summed E-state index contributed by atoms with van der Waals surface area (Å²) in [7, 11) is 1.58. The third-order valence-corrected chi connectivity index (χ3v) is 4.12. The largest absolute Gasteiger partial charge is 0.383 e. The van der Waals surface area contributed by atoms with E-state index in [2.05, 4.69) is 15.2 Å². The van der Waals surface area contributed by atoms with Crippen molar-refractivity contribution in [2.75, 3.05) is 13.7 Å². The number of nitrogens with zero attached hydrogens (tertiary/aromatic N) is 5. The SMILES string of the molecule is COCC(C)N(Cc1cccc(F)c1)C(=O)c1ccc(-n2cnnc2)nc1. The van der Waals surface area contributed by atoms with Gasteiger partial charge >= 0.3 is 0 Å². The number of carbonyl (C=O) groups excluding carboxylic acids is 1. The van der Waals surface area contributed by atoms with Crippen molar-refractivity contribution in [2.24, 2.45) is 0 Å². The van der Waals surface area contributed by atoms with E-state index < -0.39 is 0 Å². The van der Waals surface area contributed by atoms with Crippen LogP contribution in [0.15, 0.2) is 55.2 Å². The zero-order valence-electron chi connectivity index (χ0n) is 15.1. The molecule has 1 unspecified atom stereocenters. The molecule has 0 N–H and O–H groups in total. The van der Waals surface area contributed by atoms with Crippen molar-refractivity contribution in [3.8, 4) is 5.82 Å². The molecule has 0 saturated heterocycles. The third-order valence-electron chi connectivity index (χ3n) is 4.12. The first-order chi connectivity index (χ1) is 13.1. The van der Waals surface area contributed by atoms with Gasteiger partial charge in [0.1, 0.15) is 24.3 Å². The third kappa shape index (κ3) is 4.53. The van der Waals surface area contributed by atoms with Crippen molar-refractivity contribution in [3.63, 3.8) is 0 Å². The van der Waals surface area contributed by atoms with E-state index in [0.29, 0.717) is 23.6 Å². The molecule has 1 aromatic carbocycles. The van der Waals surface area contributed by atoms with Gasteiger partial charge in [-0.25, -0.2) is 9.37 Å². The Morgan fingerprint density at radius 3 is 2.67 bits per heavy atom. The molecule has 0 radical (unpaired) electrons. The average molecular weight is 369 g/mol. The molecule has 0 fully saturated rings. The number of rotatable bonds is 7. The molecule has 2 heterocycles. The minimum absolute atomic E-state index is 0.191. The summed E-state index contributed by atoms with van der Waals surface area (Å²) in [6.45, 7) is 2.53. The first-order valence-electron chi connectivity index (χ1n) is 8.44. The summed E-state index contributed by atoms with van der Waals surface area (Å²) in [5, 5.41) is 7.47. The standard InChI is InChI=1S/C19H20FN5O2/c1-14(11-27-2)25(10-15-4-3-5-17(20)8-15)19(26)16-6-7-18(21-9-16)24-12-22-23-13-24/h3-9,12-14H,10-11H2,1-2H3. The minimum atomic E-state index is -0.334. The molecule has 140 valence electrons. The lowest BCUT2D eigenvalue weighted by molar-refractivity contribution is 0.0541. The Labute approximate surface area is 156 Å². The number of ether oxygens (including phenoxy) is 1. The van der Waals surface area contributed by atoms with Crippen molar-refractivity contribution >= 4 is 5.91 Å². The normalized spacial score (nSPS) is 12.0. The van der Waals surface area contributed by atoms with E-state index in [1.807, 2.05) is 6.92 Å². The molecule has 1 amide bonds. The van der Waals surface area contributed by atoms with Crippen LogP contribution in [-0.4, -0.2) is 50.3 Å². The Hall–Kier alpha value is -3.13. The van der Waals surface area contributed by atoms with Crippen LogP contribution in [0.1, 0.15) is 22.8 Å². The monoisotopic (exact) mass is 369 g/mol. The Bertz CT molecular complexity index is 883. The lowest BCUT2D eigenvalue weighted by Crippen LogP contribution is -2.40. The van der Waals surface area contributed by atoms with Gasteiger partial charge in [0.2, 0.25) is 0 Å². The molecule has 8 heteroatoms. The van der Waals surface area contributed by atoms with Gasteiger partial charge in [0.15, 0.2) is 0 Å². The van der Waals surface area contributed by atoms with Gasteiger partial charge in [0, 0.05) is 19.9 Å². The van der Waals surface area contributed by atoms with Gasteiger partial charge < -0.3 is 9.64 Å². The number of methoxy groups -OCH3 is 1. The first-order valence-corrected chi connectivity index (χ1v) is 8.44. The Morgan fingerprint density at radius 1 is 1.26 bits per heavy atom. The van der Waals surface area contributed by atoms with Crippen LogP contribution >= 0.6 is 0 Å². The molecule has 0 aliphatic rings. The van der Waals surface area contributed by atoms with Crippen LogP contribution < -0.4 is 0 Å². The quantitative estimate of drug-likeness (QED) is 0.640. The van der Waals surface area contributed by atoms with Crippen molar-refractivity contribution in [1.82, 2.24) is 24.6 Å². The van der Waals surface area contributed by atoms with E-state index in [1.54, 1.807) is 40.8 Å². The molecule has 0 saturated carbocycles. The van der Waals surface area contributed by atoms with Gasteiger partial charge in [0.05, 0.1) is 18.2 Å². The van der Waals surface area contributed by atoms with Crippen LogP contribution in [0, 0.1) is 5.82 Å². The fraction of sp³-hybridized carbons (Fsp3) is 0.263. The maximum Gasteiger partial charge on any atom is 0.256 e. The van der Waals surface area contributed by atoms with Gasteiger partial charge in [-0.3, -0.25) is 9.36 Å². The van der Waals surface area contributed by atoms with Gasteiger partial charge in [-0.2, -0.15) is 0 Å². The van der Waals surface area contributed by atoms with E-state index in [9.17, 15) is 9.18 Å². The molecule has 7 nitrogen and oxygen atoms in total. The number of aromatic nitrogens is 4. The number of halogens is 1. The molecule has 0 aliphatic heterocycles. The lowest BCUT2D eigenvalue weighted by atomic mass is 10.1. The van der Waals surface area contributed by atoms with E-state index in [4.69, 9.17) is 4.74 Å². The topological polar surface area (TPSA) is 73.1 Å². The van der Waals surface area contributed by atoms with Gasteiger partial charge in [-0.1, -0.05) is 12.1 Å². The van der Waals surface area contributed by atoms with Crippen LogP contribution in [0.3, 0.4) is 0 Å². The zero-order valence-corrected chi connectivity index (χ0v) is 15.1. The second-order valence-corrected chi connectivity index (χ2v) is 6.14. The highest BCUT2D eigenvalue weighted by Crippen LogP contribution is 2.15. The average Bonchev–Trinajstić information content (AvgIpc) is 3.21. The number of benzene rings is 1. The second-order valence-electron chi connectivity index (χ2n) is 6.14. The summed E-state index contributed by atoms with van der Waals surface area (Å²) in [6, 6.07) is 9.44. The highest BCUT2D eigenvalue weighted by Gasteiger charge is 2.22. The highest BCUT2D eigenvalue weighted by atomic mass is 19.1. The molecule has 3 rings (SSSR count). The number of pyridine rings is 1. The number of amides is 1. The second kappa shape index (κ2) is 8.50. The molecular weight excluding hydrogens is 349 g/mol. The molecule has 0 aliphatic carbocycles. The maximum atomic E-state index is 13.5. The van der Waals surface area contributed by atoms with Crippen molar-refractivity contribution in [1.29, 1.82) is 0 Å².